The monoisotopic (exact) mass is 284 g/mol. The highest BCUT2D eigenvalue weighted by molar-refractivity contribution is 7.86. The van der Waals surface area contributed by atoms with Crippen molar-refractivity contribution in [3.05, 3.63) is 18.0 Å². The van der Waals surface area contributed by atoms with E-state index in [1.54, 1.807) is 0 Å². The van der Waals surface area contributed by atoms with E-state index in [0.29, 0.717) is 6.54 Å². The number of piperidine rings is 1. The van der Waals surface area contributed by atoms with Crippen LogP contribution in [-0.4, -0.2) is 37.8 Å². The van der Waals surface area contributed by atoms with Gasteiger partial charge in [0, 0.05) is 26.3 Å². The average Bonchev–Trinajstić information content (AvgIpc) is 2.84. The van der Waals surface area contributed by atoms with Gasteiger partial charge in [0.25, 0.3) is 10.2 Å². The van der Waals surface area contributed by atoms with Gasteiger partial charge in [-0.2, -0.15) is 12.7 Å². The molecule has 0 aliphatic carbocycles. The van der Waals surface area contributed by atoms with Crippen LogP contribution in [0.1, 0.15) is 31.4 Å². The van der Waals surface area contributed by atoms with Gasteiger partial charge in [0.2, 0.25) is 0 Å². The number of hydrogen-bond acceptors (Lipinski definition) is 3. The molecule has 2 aliphatic heterocycles. The van der Waals surface area contributed by atoms with Crippen LogP contribution in [0.2, 0.25) is 0 Å². The molecule has 7 heteroatoms. The summed E-state index contributed by atoms with van der Waals surface area (Å²) in [5.74, 6) is 0. The normalized spacial score (nSPS) is 28.6. The van der Waals surface area contributed by atoms with E-state index in [1.165, 1.54) is 4.31 Å². The summed E-state index contributed by atoms with van der Waals surface area (Å²) in [6.45, 7) is 1.36. The molecule has 0 amide bonds. The molecule has 1 aromatic heterocycles. The summed E-state index contributed by atoms with van der Waals surface area (Å²) < 4.78 is 25.4. The summed E-state index contributed by atoms with van der Waals surface area (Å²) in [6, 6.07) is 2.01. The van der Waals surface area contributed by atoms with Crippen molar-refractivity contribution in [3.8, 4) is 0 Å². The number of fused-ring (bicyclic) bond motifs is 2. The van der Waals surface area contributed by atoms with Gasteiger partial charge in [-0.25, -0.2) is 5.14 Å². The SMILES string of the molecule is CN1CCC2(CCCCN2S(N)(=O)=O)c2[nH]ccc21. The van der Waals surface area contributed by atoms with Gasteiger partial charge in [0.15, 0.2) is 0 Å². The molecule has 3 rings (SSSR count). The van der Waals surface area contributed by atoms with E-state index in [2.05, 4.69) is 9.88 Å². The van der Waals surface area contributed by atoms with E-state index in [4.69, 9.17) is 5.14 Å². The molecule has 1 unspecified atom stereocenters. The first kappa shape index (κ1) is 13.0. The minimum absolute atomic E-state index is 0.475. The average molecular weight is 284 g/mol. The van der Waals surface area contributed by atoms with Crippen molar-refractivity contribution in [2.45, 2.75) is 31.2 Å². The molecule has 1 saturated heterocycles. The van der Waals surface area contributed by atoms with E-state index in [9.17, 15) is 8.42 Å². The maximum Gasteiger partial charge on any atom is 0.277 e. The highest BCUT2D eigenvalue weighted by Gasteiger charge is 2.49. The van der Waals surface area contributed by atoms with Crippen LogP contribution in [0.4, 0.5) is 5.69 Å². The minimum Gasteiger partial charge on any atom is -0.373 e. The number of nitrogens with two attached hydrogens (primary N) is 1. The minimum atomic E-state index is -3.68. The molecule has 19 heavy (non-hydrogen) atoms. The third-order valence-electron chi connectivity index (χ3n) is 4.45. The highest BCUT2D eigenvalue weighted by Crippen LogP contribution is 2.47. The third kappa shape index (κ3) is 1.87. The van der Waals surface area contributed by atoms with Crippen molar-refractivity contribution >= 4 is 15.9 Å². The summed E-state index contributed by atoms with van der Waals surface area (Å²) in [5.41, 5.74) is 1.61. The second-order valence-electron chi connectivity index (χ2n) is 5.52. The van der Waals surface area contributed by atoms with Crippen LogP contribution >= 0.6 is 0 Å². The standard InChI is InChI=1S/C12H20N4O2S/c1-15-9-6-12(11-10(15)4-7-14-11)5-2-3-8-16(12)19(13,17)18/h4,7,14H,2-3,5-6,8-9H2,1H3,(H2,13,17,18). The first-order valence-corrected chi connectivity index (χ1v) is 8.15. The molecule has 3 heterocycles. The Balaban J connectivity index is 2.14. The lowest BCUT2D eigenvalue weighted by Crippen LogP contribution is -2.57. The molecule has 0 aromatic carbocycles. The van der Waals surface area contributed by atoms with Crippen LogP contribution in [-0.2, 0) is 15.7 Å². The fourth-order valence-corrected chi connectivity index (χ4v) is 4.68. The number of hydrogen-bond donors (Lipinski definition) is 2. The Morgan fingerprint density at radius 2 is 2.11 bits per heavy atom. The molecule has 1 spiro atoms. The van der Waals surface area contributed by atoms with Crippen LogP contribution in [0.3, 0.4) is 0 Å². The number of aromatic nitrogens is 1. The number of nitrogens with one attached hydrogen (secondary N) is 1. The fourth-order valence-electron chi connectivity index (χ4n) is 3.53. The molecule has 2 aliphatic rings. The van der Waals surface area contributed by atoms with Gasteiger partial charge < -0.3 is 9.88 Å². The van der Waals surface area contributed by atoms with Crippen LogP contribution < -0.4 is 10.0 Å². The molecule has 1 aromatic rings. The summed E-state index contributed by atoms with van der Waals surface area (Å²) in [6.07, 6.45) is 5.42. The maximum absolute atomic E-state index is 11.9. The fraction of sp³-hybridized carbons (Fsp3) is 0.667. The van der Waals surface area contributed by atoms with Gasteiger partial charge in [-0.3, -0.25) is 0 Å². The van der Waals surface area contributed by atoms with Crippen LogP contribution in [0.15, 0.2) is 12.3 Å². The van der Waals surface area contributed by atoms with Gasteiger partial charge >= 0.3 is 0 Å². The first-order chi connectivity index (χ1) is 8.95. The van der Waals surface area contributed by atoms with Gasteiger partial charge in [-0.05, 0) is 31.7 Å². The summed E-state index contributed by atoms with van der Waals surface area (Å²) >= 11 is 0. The van der Waals surface area contributed by atoms with Crippen molar-refractivity contribution in [1.29, 1.82) is 0 Å². The Morgan fingerprint density at radius 1 is 1.32 bits per heavy atom. The molecular weight excluding hydrogens is 264 g/mol. The predicted molar refractivity (Wildman–Crippen MR) is 74.0 cm³/mol. The Hall–Kier alpha value is -1.05. The molecule has 0 radical (unpaired) electrons. The first-order valence-electron chi connectivity index (χ1n) is 6.65. The number of aromatic amines is 1. The smallest absolute Gasteiger partial charge is 0.277 e. The van der Waals surface area contributed by atoms with Crippen LogP contribution in [0, 0.1) is 0 Å². The van der Waals surface area contributed by atoms with E-state index in [1.807, 2.05) is 19.3 Å². The van der Waals surface area contributed by atoms with Crippen LogP contribution in [0.5, 0.6) is 0 Å². The van der Waals surface area contributed by atoms with Crippen molar-refractivity contribution in [1.82, 2.24) is 9.29 Å². The van der Waals surface area contributed by atoms with E-state index in [-0.39, 0.29) is 0 Å². The van der Waals surface area contributed by atoms with Gasteiger partial charge in [0.05, 0.1) is 16.9 Å². The topological polar surface area (TPSA) is 82.4 Å². The van der Waals surface area contributed by atoms with E-state index < -0.39 is 15.7 Å². The molecule has 1 fully saturated rings. The van der Waals surface area contributed by atoms with E-state index >= 15 is 0 Å². The summed E-state index contributed by atoms with van der Waals surface area (Å²) in [4.78, 5) is 5.41. The number of nitrogens with zero attached hydrogens (tertiary/aromatic N) is 2. The number of H-pyrrole nitrogens is 1. The number of anilines is 1. The van der Waals surface area contributed by atoms with Crippen molar-refractivity contribution in [3.63, 3.8) is 0 Å². The van der Waals surface area contributed by atoms with Crippen molar-refractivity contribution in [2.75, 3.05) is 25.0 Å². The Labute approximate surface area is 113 Å². The molecular formula is C12H20N4O2S. The zero-order valence-corrected chi connectivity index (χ0v) is 11.9. The lowest BCUT2D eigenvalue weighted by molar-refractivity contribution is 0.112. The quantitative estimate of drug-likeness (QED) is 0.798. The molecule has 1 atom stereocenters. The zero-order chi connectivity index (χ0) is 13.7. The summed E-state index contributed by atoms with van der Waals surface area (Å²) in [5, 5.41) is 5.45. The molecule has 106 valence electrons. The summed E-state index contributed by atoms with van der Waals surface area (Å²) in [7, 11) is -1.65. The molecule has 3 N–H and O–H groups in total. The zero-order valence-electron chi connectivity index (χ0n) is 11.1. The molecule has 0 saturated carbocycles. The lowest BCUT2D eigenvalue weighted by Gasteiger charge is -2.49. The Bertz CT molecular complexity index is 582. The lowest BCUT2D eigenvalue weighted by atomic mass is 9.80. The predicted octanol–water partition coefficient (Wildman–Crippen LogP) is 0.739. The van der Waals surface area contributed by atoms with E-state index in [0.717, 1.165) is 43.6 Å². The Morgan fingerprint density at radius 3 is 2.84 bits per heavy atom. The Kier molecular flexibility index (Phi) is 2.88. The van der Waals surface area contributed by atoms with Crippen molar-refractivity contribution < 1.29 is 8.42 Å². The van der Waals surface area contributed by atoms with Gasteiger partial charge in [-0.1, -0.05) is 0 Å². The van der Waals surface area contributed by atoms with Gasteiger partial charge in [-0.15, -0.1) is 0 Å². The third-order valence-corrected chi connectivity index (χ3v) is 5.59. The van der Waals surface area contributed by atoms with Crippen LogP contribution in [0.25, 0.3) is 0 Å². The molecule has 0 bridgehead atoms. The number of rotatable bonds is 1. The second kappa shape index (κ2) is 4.22. The largest absolute Gasteiger partial charge is 0.373 e. The molecule has 6 nitrogen and oxygen atoms in total. The maximum atomic E-state index is 11.9. The van der Waals surface area contributed by atoms with Gasteiger partial charge in [0.1, 0.15) is 0 Å². The second-order valence-corrected chi connectivity index (χ2v) is 6.99. The highest BCUT2D eigenvalue weighted by atomic mass is 32.2. The van der Waals surface area contributed by atoms with Crippen molar-refractivity contribution in [2.24, 2.45) is 5.14 Å².